The van der Waals surface area contributed by atoms with Gasteiger partial charge in [0, 0.05) is 6.07 Å². The van der Waals surface area contributed by atoms with Gasteiger partial charge in [0.1, 0.15) is 11.5 Å². The van der Waals surface area contributed by atoms with Crippen molar-refractivity contribution in [1.29, 1.82) is 0 Å². The molecule has 0 saturated carbocycles. The third kappa shape index (κ3) is 2.95. The quantitative estimate of drug-likeness (QED) is 0.667. The summed E-state index contributed by atoms with van der Waals surface area (Å²) >= 11 is 0. The fourth-order valence-electron chi connectivity index (χ4n) is 1.26. The van der Waals surface area contributed by atoms with Gasteiger partial charge in [-0.05, 0) is 19.1 Å². The highest BCUT2D eigenvalue weighted by atomic mass is 32.2. The Morgan fingerprint density at radius 2 is 2.06 bits per heavy atom. The summed E-state index contributed by atoms with van der Waals surface area (Å²) < 4.78 is 28.3. The van der Waals surface area contributed by atoms with Crippen molar-refractivity contribution in [3.8, 4) is 0 Å². The minimum atomic E-state index is -3.63. The Bertz CT molecular complexity index is 647. The highest BCUT2D eigenvalue weighted by Gasteiger charge is 2.11. The summed E-state index contributed by atoms with van der Waals surface area (Å²) in [7, 11) is -3.63. The zero-order valence-corrected chi connectivity index (χ0v) is 10.4. The molecule has 2 rings (SSSR count). The minimum Gasteiger partial charge on any atom is -0.361 e. The van der Waals surface area contributed by atoms with Gasteiger partial charge in [-0.3, -0.25) is 0 Å². The van der Waals surface area contributed by atoms with Crippen LogP contribution in [0.5, 0.6) is 0 Å². The average Bonchev–Trinajstić information content (AvgIpc) is 2.76. The van der Waals surface area contributed by atoms with Gasteiger partial charge in [0.2, 0.25) is 0 Å². The first-order chi connectivity index (χ1) is 8.58. The molecule has 0 aliphatic carbocycles. The van der Waals surface area contributed by atoms with Crippen molar-refractivity contribution in [2.24, 2.45) is 5.10 Å². The van der Waals surface area contributed by atoms with Crippen molar-refractivity contribution >= 4 is 16.2 Å². The standard InChI is InChI=1S/C11H11N3O3S/c1-9-7-10(13-17-9)8-12-14-18(15,16)11-5-3-2-4-6-11/h2-8,14H,1H3. The van der Waals surface area contributed by atoms with Crippen LogP contribution < -0.4 is 4.83 Å². The molecule has 0 aliphatic heterocycles. The van der Waals surface area contributed by atoms with Gasteiger partial charge in [0.05, 0.1) is 11.1 Å². The van der Waals surface area contributed by atoms with Gasteiger partial charge in [-0.1, -0.05) is 23.4 Å². The highest BCUT2D eigenvalue weighted by molar-refractivity contribution is 7.89. The van der Waals surface area contributed by atoms with E-state index in [1.54, 1.807) is 31.2 Å². The van der Waals surface area contributed by atoms with Gasteiger partial charge in [-0.25, -0.2) is 4.83 Å². The zero-order chi connectivity index (χ0) is 13.0. The van der Waals surface area contributed by atoms with E-state index in [1.807, 2.05) is 0 Å². The number of benzene rings is 1. The van der Waals surface area contributed by atoms with Gasteiger partial charge in [0.25, 0.3) is 10.0 Å². The normalized spacial score (nSPS) is 11.8. The molecule has 1 aromatic carbocycles. The number of aromatic nitrogens is 1. The second kappa shape index (κ2) is 5.01. The summed E-state index contributed by atoms with van der Waals surface area (Å²) in [4.78, 5) is 2.24. The Labute approximate surface area is 104 Å². The van der Waals surface area contributed by atoms with Crippen molar-refractivity contribution in [2.75, 3.05) is 0 Å². The highest BCUT2D eigenvalue weighted by Crippen LogP contribution is 2.06. The summed E-state index contributed by atoms with van der Waals surface area (Å²) in [6.07, 6.45) is 1.27. The molecule has 0 fully saturated rings. The molecule has 1 aromatic heterocycles. The van der Waals surface area contributed by atoms with Crippen LogP contribution in [0.15, 0.2) is 50.9 Å². The largest absolute Gasteiger partial charge is 0.361 e. The first kappa shape index (κ1) is 12.3. The van der Waals surface area contributed by atoms with Gasteiger partial charge >= 0.3 is 0 Å². The first-order valence-corrected chi connectivity index (χ1v) is 6.59. The summed E-state index contributed by atoms with van der Waals surface area (Å²) in [5.74, 6) is 0.627. The number of aryl methyl sites for hydroxylation is 1. The Balaban J connectivity index is 2.08. The van der Waals surface area contributed by atoms with E-state index in [2.05, 4.69) is 15.1 Å². The number of sulfonamides is 1. The molecule has 7 heteroatoms. The van der Waals surface area contributed by atoms with Crippen molar-refractivity contribution in [1.82, 2.24) is 9.99 Å². The zero-order valence-electron chi connectivity index (χ0n) is 9.57. The molecule has 0 bridgehead atoms. The van der Waals surface area contributed by atoms with Crippen molar-refractivity contribution in [2.45, 2.75) is 11.8 Å². The maximum Gasteiger partial charge on any atom is 0.276 e. The number of hydrazone groups is 1. The third-order valence-corrected chi connectivity index (χ3v) is 3.31. The molecule has 2 aromatic rings. The van der Waals surface area contributed by atoms with Crippen LogP contribution in [0, 0.1) is 6.92 Å². The van der Waals surface area contributed by atoms with E-state index in [-0.39, 0.29) is 4.90 Å². The molecule has 0 radical (unpaired) electrons. The predicted octanol–water partition coefficient (Wildman–Crippen LogP) is 1.30. The molecular formula is C11H11N3O3S. The van der Waals surface area contributed by atoms with E-state index in [0.717, 1.165) is 0 Å². The fraction of sp³-hybridized carbons (Fsp3) is 0.0909. The van der Waals surface area contributed by atoms with Crippen LogP contribution in [0.1, 0.15) is 11.5 Å². The molecule has 94 valence electrons. The van der Waals surface area contributed by atoms with E-state index in [9.17, 15) is 8.42 Å². The molecule has 0 saturated heterocycles. The molecule has 0 atom stereocenters. The number of rotatable bonds is 4. The van der Waals surface area contributed by atoms with Crippen molar-refractivity contribution < 1.29 is 12.9 Å². The Kier molecular flexibility index (Phi) is 3.42. The van der Waals surface area contributed by atoms with E-state index in [0.29, 0.717) is 11.5 Å². The van der Waals surface area contributed by atoms with Crippen molar-refractivity contribution in [3.05, 3.63) is 47.9 Å². The number of nitrogens with zero attached hydrogens (tertiary/aromatic N) is 2. The second-order valence-electron chi connectivity index (χ2n) is 3.53. The van der Waals surface area contributed by atoms with Crippen LogP contribution >= 0.6 is 0 Å². The second-order valence-corrected chi connectivity index (χ2v) is 5.19. The lowest BCUT2D eigenvalue weighted by atomic mass is 10.4. The molecule has 0 unspecified atom stereocenters. The predicted molar refractivity (Wildman–Crippen MR) is 65.6 cm³/mol. The van der Waals surface area contributed by atoms with Crippen LogP contribution in [-0.4, -0.2) is 19.8 Å². The van der Waals surface area contributed by atoms with Crippen LogP contribution in [0.2, 0.25) is 0 Å². The maximum absolute atomic E-state index is 11.8. The van der Waals surface area contributed by atoms with Crippen LogP contribution in [0.3, 0.4) is 0 Å². The van der Waals surface area contributed by atoms with Crippen LogP contribution in [0.25, 0.3) is 0 Å². The van der Waals surface area contributed by atoms with E-state index < -0.39 is 10.0 Å². The van der Waals surface area contributed by atoms with Gasteiger partial charge in [0.15, 0.2) is 0 Å². The number of hydrogen-bond acceptors (Lipinski definition) is 5. The Morgan fingerprint density at radius 1 is 1.33 bits per heavy atom. The van der Waals surface area contributed by atoms with Gasteiger partial charge < -0.3 is 4.52 Å². The third-order valence-electron chi connectivity index (χ3n) is 2.07. The average molecular weight is 265 g/mol. The topological polar surface area (TPSA) is 84.6 Å². The molecule has 1 heterocycles. The Morgan fingerprint density at radius 3 is 2.67 bits per heavy atom. The summed E-state index contributed by atoms with van der Waals surface area (Å²) in [5.41, 5.74) is 0.447. The number of nitrogens with one attached hydrogen (secondary N) is 1. The maximum atomic E-state index is 11.8. The molecule has 0 aliphatic rings. The van der Waals surface area contributed by atoms with Crippen molar-refractivity contribution in [3.63, 3.8) is 0 Å². The molecule has 18 heavy (non-hydrogen) atoms. The summed E-state index contributed by atoms with van der Waals surface area (Å²) in [6.45, 7) is 1.73. The Hall–Kier alpha value is -2.15. The molecule has 6 nitrogen and oxygen atoms in total. The smallest absolute Gasteiger partial charge is 0.276 e. The fourth-order valence-corrected chi connectivity index (χ4v) is 2.07. The number of hydrogen-bond donors (Lipinski definition) is 1. The molecule has 0 amide bonds. The van der Waals surface area contributed by atoms with Crippen LogP contribution in [0.4, 0.5) is 0 Å². The summed E-state index contributed by atoms with van der Waals surface area (Å²) in [5, 5.41) is 7.27. The van der Waals surface area contributed by atoms with Crippen LogP contribution in [-0.2, 0) is 10.0 Å². The lowest BCUT2D eigenvalue weighted by molar-refractivity contribution is 0.396. The lowest BCUT2D eigenvalue weighted by Gasteiger charge is -2.01. The van der Waals surface area contributed by atoms with Gasteiger partial charge in [-0.15, -0.1) is 0 Å². The molecule has 1 N–H and O–H groups in total. The SMILES string of the molecule is Cc1cc(C=NNS(=O)(=O)c2ccccc2)no1. The monoisotopic (exact) mass is 265 g/mol. The van der Waals surface area contributed by atoms with E-state index in [4.69, 9.17) is 4.52 Å². The molecular weight excluding hydrogens is 254 g/mol. The summed E-state index contributed by atoms with van der Waals surface area (Å²) in [6, 6.07) is 9.62. The van der Waals surface area contributed by atoms with E-state index in [1.165, 1.54) is 18.3 Å². The minimum absolute atomic E-state index is 0.151. The molecule has 0 spiro atoms. The van der Waals surface area contributed by atoms with E-state index >= 15 is 0 Å². The first-order valence-electron chi connectivity index (χ1n) is 5.11. The van der Waals surface area contributed by atoms with Gasteiger partial charge in [-0.2, -0.15) is 13.5 Å². The lowest BCUT2D eigenvalue weighted by Crippen LogP contribution is -2.18.